The van der Waals surface area contributed by atoms with Gasteiger partial charge in [0.2, 0.25) is 5.91 Å². The lowest BCUT2D eigenvalue weighted by atomic mass is 10.3. The lowest BCUT2D eigenvalue weighted by Crippen LogP contribution is -2.22. The number of amides is 1. The molecule has 0 saturated heterocycles. The molecule has 10 heteroatoms. The van der Waals surface area contributed by atoms with Crippen molar-refractivity contribution in [2.24, 2.45) is 0 Å². The molecule has 0 aliphatic carbocycles. The first-order valence-electron chi connectivity index (χ1n) is 6.78. The molecule has 25 heavy (non-hydrogen) atoms. The number of hydrogen-bond donors (Lipinski definition) is 1. The van der Waals surface area contributed by atoms with E-state index in [1.54, 1.807) is 0 Å². The summed E-state index contributed by atoms with van der Waals surface area (Å²) in [5.41, 5.74) is -0.122. The van der Waals surface area contributed by atoms with Crippen LogP contribution in [0.1, 0.15) is 0 Å². The maximum Gasteiger partial charge on any atom is 0.241 e. The zero-order valence-electron chi connectivity index (χ0n) is 12.3. The number of benzene rings is 2. The molecule has 0 atom stereocenters. The highest BCUT2D eigenvalue weighted by molar-refractivity contribution is 7.92. The molecule has 1 aromatic heterocycles. The Morgan fingerprint density at radius 1 is 1.08 bits per heavy atom. The van der Waals surface area contributed by atoms with E-state index in [9.17, 15) is 26.4 Å². The molecule has 1 amide bonds. The van der Waals surface area contributed by atoms with E-state index in [0.29, 0.717) is 6.07 Å². The number of carbonyl (C=O) groups excluding carboxylic acids is 1. The van der Waals surface area contributed by atoms with E-state index in [0.717, 1.165) is 41.7 Å². The minimum Gasteiger partial charge on any atom is -0.301 e. The lowest BCUT2D eigenvalue weighted by molar-refractivity contribution is -0.113. The van der Waals surface area contributed by atoms with Gasteiger partial charge >= 0.3 is 0 Å². The second-order valence-electron chi connectivity index (χ2n) is 5.01. The number of thiazole rings is 1. The molecular formula is C15H9F3N2O3S2. The van der Waals surface area contributed by atoms with Gasteiger partial charge in [-0.3, -0.25) is 4.79 Å². The standard InChI is InChI=1S/C15H9F3N2O3S2/c16-8-1-3-10(4-2-8)25(22,23)7-13(21)19-15-20-14-11(18)5-9(17)6-12(14)24-15/h1-6H,7H2,(H,19,20,21). The first kappa shape index (κ1) is 17.4. The van der Waals surface area contributed by atoms with Crippen LogP contribution in [0, 0.1) is 17.5 Å². The molecule has 0 unspecified atom stereocenters. The average Bonchev–Trinajstić information content (AvgIpc) is 2.89. The van der Waals surface area contributed by atoms with Crippen molar-refractivity contribution in [3.63, 3.8) is 0 Å². The average molecular weight is 386 g/mol. The summed E-state index contributed by atoms with van der Waals surface area (Å²) in [5.74, 6) is -4.07. The van der Waals surface area contributed by atoms with E-state index in [-0.39, 0.29) is 20.2 Å². The first-order valence-corrected chi connectivity index (χ1v) is 9.25. The van der Waals surface area contributed by atoms with Gasteiger partial charge in [0.15, 0.2) is 20.8 Å². The van der Waals surface area contributed by atoms with Crippen LogP contribution in [0.3, 0.4) is 0 Å². The maximum atomic E-state index is 13.6. The molecule has 0 saturated carbocycles. The summed E-state index contributed by atoms with van der Waals surface area (Å²) in [7, 11) is -3.98. The Balaban J connectivity index is 1.78. The number of sulfone groups is 1. The van der Waals surface area contributed by atoms with Crippen molar-refractivity contribution in [2.45, 2.75) is 4.90 Å². The van der Waals surface area contributed by atoms with Crippen LogP contribution < -0.4 is 5.32 Å². The van der Waals surface area contributed by atoms with Gasteiger partial charge in [-0.05, 0) is 30.3 Å². The molecule has 1 N–H and O–H groups in total. The zero-order valence-corrected chi connectivity index (χ0v) is 13.9. The second kappa shape index (κ2) is 6.45. The molecule has 0 aliphatic heterocycles. The number of fused-ring (bicyclic) bond motifs is 1. The van der Waals surface area contributed by atoms with Crippen LogP contribution in [-0.2, 0) is 14.6 Å². The van der Waals surface area contributed by atoms with Gasteiger partial charge in [0, 0.05) is 6.07 Å². The molecule has 130 valence electrons. The van der Waals surface area contributed by atoms with Crippen LogP contribution in [0.15, 0.2) is 41.3 Å². The summed E-state index contributed by atoms with van der Waals surface area (Å²) in [5, 5.41) is 2.18. The summed E-state index contributed by atoms with van der Waals surface area (Å²) >= 11 is 0.810. The fourth-order valence-corrected chi connectivity index (χ4v) is 4.12. The molecule has 0 fully saturated rings. The molecule has 2 aromatic carbocycles. The van der Waals surface area contributed by atoms with Crippen molar-refractivity contribution in [1.29, 1.82) is 0 Å². The summed E-state index contributed by atoms with van der Waals surface area (Å²) in [6.45, 7) is 0. The Labute approximate surface area is 144 Å². The molecule has 0 aliphatic rings. The molecule has 0 spiro atoms. The number of anilines is 1. The second-order valence-corrected chi connectivity index (χ2v) is 8.03. The summed E-state index contributed by atoms with van der Waals surface area (Å²) < 4.78 is 64.0. The Kier molecular flexibility index (Phi) is 4.48. The summed E-state index contributed by atoms with van der Waals surface area (Å²) in [6.07, 6.45) is 0. The topological polar surface area (TPSA) is 76.1 Å². The Morgan fingerprint density at radius 2 is 1.76 bits per heavy atom. The van der Waals surface area contributed by atoms with E-state index >= 15 is 0 Å². The Morgan fingerprint density at radius 3 is 2.44 bits per heavy atom. The predicted molar refractivity (Wildman–Crippen MR) is 86.6 cm³/mol. The van der Waals surface area contributed by atoms with Crippen molar-refractivity contribution in [2.75, 3.05) is 11.1 Å². The number of rotatable bonds is 4. The molecule has 3 rings (SSSR count). The third-order valence-electron chi connectivity index (χ3n) is 3.15. The van der Waals surface area contributed by atoms with E-state index in [2.05, 4.69) is 10.3 Å². The van der Waals surface area contributed by atoms with Gasteiger partial charge < -0.3 is 5.32 Å². The highest BCUT2D eigenvalue weighted by Gasteiger charge is 2.21. The molecule has 5 nitrogen and oxygen atoms in total. The van der Waals surface area contributed by atoms with Crippen LogP contribution in [-0.4, -0.2) is 25.1 Å². The monoisotopic (exact) mass is 386 g/mol. The number of hydrogen-bond acceptors (Lipinski definition) is 5. The normalized spacial score (nSPS) is 11.6. The predicted octanol–water partition coefficient (Wildman–Crippen LogP) is 3.13. The van der Waals surface area contributed by atoms with Crippen LogP contribution in [0.25, 0.3) is 10.2 Å². The van der Waals surface area contributed by atoms with E-state index in [4.69, 9.17) is 0 Å². The molecular weight excluding hydrogens is 377 g/mol. The van der Waals surface area contributed by atoms with Crippen molar-refractivity contribution < 1.29 is 26.4 Å². The Hall–Kier alpha value is -2.46. The van der Waals surface area contributed by atoms with Crippen molar-refractivity contribution in [1.82, 2.24) is 4.98 Å². The van der Waals surface area contributed by atoms with Gasteiger partial charge in [-0.1, -0.05) is 11.3 Å². The van der Waals surface area contributed by atoms with Crippen LogP contribution in [0.5, 0.6) is 0 Å². The summed E-state index contributed by atoms with van der Waals surface area (Å²) in [6, 6.07) is 5.75. The van der Waals surface area contributed by atoms with Crippen molar-refractivity contribution in [3.8, 4) is 0 Å². The third kappa shape index (κ3) is 3.80. The number of halogens is 3. The minimum atomic E-state index is -3.98. The van der Waals surface area contributed by atoms with Crippen LogP contribution in [0.2, 0.25) is 0 Å². The number of aromatic nitrogens is 1. The van der Waals surface area contributed by atoms with Gasteiger partial charge in [-0.2, -0.15) is 0 Å². The lowest BCUT2D eigenvalue weighted by Gasteiger charge is -2.04. The summed E-state index contributed by atoms with van der Waals surface area (Å²) in [4.78, 5) is 15.5. The smallest absolute Gasteiger partial charge is 0.241 e. The molecule has 3 aromatic rings. The van der Waals surface area contributed by atoms with E-state index in [1.807, 2.05) is 0 Å². The highest BCUT2D eigenvalue weighted by Crippen LogP contribution is 2.28. The Bertz CT molecular complexity index is 1060. The van der Waals surface area contributed by atoms with E-state index < -0.39 is 38.9 Å². The first-order chi connectivity index (χ1) is 11.7. The quantitative estimate of drug-likeness (QED) is 0.699. The van der Waals surface area contributed by atoms with Crippen LogP contribution in [0.4, 0.5) is 18.3 Å². The van der Waals surface area contributed by atoms with Crippen LogP contribution >= 0.6 is 11.3 Å². The molecule has 0 bridgehead atoms. The SMILES string of the molecule is O=C(CS(=O)(=O)c1ccc(F)cc1)Nc1nc2c(F)cc(F)cc2s1. The van der Waals surface area contributed by atoms with Gasteiger partial charge in [-0.15, -0.1) is 0 Å². The highest BCUT2D eigenvalue weighted by atomic mass is 32.2. The number of carbonyl (C=O) groups is 1. The van der Waals surface area contributed by atoms with Gasteiger partial charge in [0.1, 0.15) is 22.9 Å². The van der Waals surface area contributed by atoms with E-state index in [1.165, 1.54) is 0 Å². The van der Waals surface area contributed by atoms with Crippen molar-refractivity contribution >= 4 is 42.4 Å². The minimum absolute atomic E-state index is 0.0567. The molecule has 0 radical (unpaired) electrons. The number of nitrogens with zero attached hydrogens (tertiary/aromatic N) is 1. The fraction of sp³-hybridized carbons (Fsp3) is 0.0667. The van der Waals surface area contributed by atoms with Crippen molar-refractivity contribution in [3.05, 3.63) is 53.8 Å². The largest absolute Gasteiger partial charge is 0.301 e. The third-order valence-corrected chi connectivity index (χ3v) is 5.70. The van der Waals surface area contributed by atoms with Gasteiger partial charge in [-0.25, -0.2) is 26.6 Å². The van der Waals surface area contributed by atoms with Gasteiger partial charge in [0.05, 0.1) is 9.60 Å². The zero-order chi connectivity index (χ0) is 18.2. The maximum absolute atomic E-state index is 13.6. The fourth-order valence-electron chi connectivity index (χ4n) is 2.06. The van der Waals surface area contributed by atoms with Gasteiger partial charge in [0.25, 0.3) is 0 Å². The number of nitrogens with one attached hydrogen (secondary N) is 1. The molecule has 1 heterocycles.